The van der Waals surface area contributed by atoms with Crippen LogP contribution in [0.4, 0.5) is 0 Å². The quantitative estimate of drug-likeness (QED) is 0.0677. The van der Waals surface area contributed by atoms with Crippen LogP contribution in [0.1, 0.15) is 113 Å². The van der Waals surface area contributed by atoms with Crippen LogP contribution >= 0.6 is 0 Å². The lowest BCUT2D eigenvalue weighted by Crippen LogP contribution is -2.51. The molecule has 0 amide bonds. The summed E-state index contributed by atoms with van der Waals surface area (Å²) in [5.41, 5.74) is -2.96. The van der Waals surface area contributed by atoms with E-state index in [9.17, 15) is 24.0 Å². The van der Waals surface area contributed by atoms with Crippen LogP contribution in [0, 0.1) is 5.92 Å². The first-order valence-corrected chi connectivity index (χ1v) is 16.2. The van der Waals surface area contributed by atoms with E-state index in [1.807, 2.05) is 6.92 Å². The Labute approximate surface area is 265 Å². The number of esters is 5. The standard InChI is InChI=1S/C34H48O11/c1-9-12-13-14-15-17-24(37)41-28-26-25(20(5)27(28)42-30(38)19(4)11-3)29-34(33(8,45-34)31(39)43-29)22(40-23(36)16-10-2)18-32(26,7)44-21(6)35/h11,22,26-29H,9-10,12-18H2,1-8H3/b19-11-/t22-,26+,27-,28-,29-,32-,33+,34+/m0/s1. The van der Waals surface area contributed by atoms with Crippen molar-refractivity contribution in [3.63, 3.8) is 0 Å². The predicted octanol–water partition coefficient (Wildman–Crippen LogP) is 4.97. The van der Waals surface area contributed by atoms with E-state index in [1.54, 1.807) is 40.7 Å². The number of rotatable bonds is 13. The van der Waals surface area contributed by atoms with Gasteiger partial charge in [0.25, 0.3) is 0 Å². The molecule has 11 nitrogen and oxygen atoms in total. The number of carbonyl (C=O) groups is 5. The van der Waals surface area contributed by atoms with Crippen molar-refractivity contribution in [2.75, 3.05) is 0 Å². The minimum Gasteiger partial charge on any atom is -0.459 e. The molecule has 250 valence electrons. The highest BCUT2D eigenvalue weighted by Crippen LogP contribution is 2.67. The first kappa shape index (κ1) is 34.7. The molecular formula is C34H48O11. The first-order valence-electron chi connectivity index (χ1n) is 16.2. The highest BCUT2D eigenvalue weighted by atomic mass is 16.7. The Morgan fingerprint density at radius 1 is 0.933 bits per heavy atom. The molecule has 3 fully saturated rings. The molecular weight excluding hydrogens is 584 g/mol. The van der Waals surface area contributed by atoms with Crippen LogP contribution in [-0.4, -0.2) is 71.1 Å². The van der Waals surface area contributed by atoms with Crippen molar-refractivity contribution >= 4 is 29.8 Å². The second-order valence-electron chi connectivity index (χ2n) is 13.1. The first-order chi connectivity index (χ1) is 21.2. The average molecular weight is 633 g/mol. The molecule has 0 N–H and O–H groups in total. The van der Waals surface area contributed by atoms with Crippen molar-refractivity contribution in [1.82, 2.24) is 0 Å². The lowest BCUT2D eigenvalue weighted by molar-refractivity contribution is -0.184. The number of epoxide rings is 1. The van der Waals surface area contributed by atoms with Crippen molar-refractivity contribution < 1.29 is 52.4 Å². The maximum Gasteiger partial charge on any atom is 0.342 e. The van der Waals surface area contributed by atoms with Crippen LogP contribution in [0.5, 0.6) is 0 Å². The number of unbranched alkanes of at least 4 members (excludes halogenated alkanes) is 4. The lowest BCUT2D eigenvalue weighted by Gasteiger charge is -2.39. The number of hydrogen-bond donors (Lipinski definition) is 0. The van der Waals surface area contributed by atoms with Gasteiger partial charge in [-0.25, -0.2) is 9.59 Å². The molecule has 1 spiro atoms. The van der Waals surface area contributed by atoms with E-state index in [-0.39, 0.29) is 19.3 Å². The van der Waals surface area contributed by atoms with E-state index < -0.39 is 77.0 Å². The van der Waals surface area contributed by atoms with Crippen LogP contribution < -0.4 is 0 Å². The van der Waals surface area contributed by atoms with Gasteiger partial charge in [-0.1, -0.05) is 45.6 Å². The second-order valence-corrected chi connectivity index (χ2v) is 13.1. The predicted molar refractivity (Wildman–Crippen MR) is 160 cm³/mol. The van der Waals surface area contributed by atoms with Crippen LogP contribution in [0.2, 0.25) is 0 Å². The van der Waals surface area contributed by atoms with Crippen LogP contribution in [0.3, 0.4) is 0 Å². The minimum atomic E-state index is -1.44. The molecule has 2 aliphatic heterocycles. The van der Waals surface area contributed by atoms with E-state index in [1.165, 1.54) is 6.92 Å². The second kappa shape index (κ2) is 13.3. The van der Waals surface area contributed by atoms with Gasteiger partial charge >= 0.3 is 29.8 Å². The summed E-state index contributed by atoms with van der Waals surface area (Å²) in [6.45, 7) is 13.5. The van der Waals surface area contributed by atoms with Gasteiger partial charge in [0.2, 0.25) is 0 Å². The van der Waals surface area contributed by atoms with Crippen molar-refractivity contribution in [2.24, 2.45) is 5.92 Å². The van der Waals surface area contributed by atoms with Crippen molar-refractivity contribution in [1.29, 1.82) is 0 Å². The number of allylic oxidation sites excluding steroid dienone is 1. The van der Waals surface area contributed by atoms with Gasteiger partial charge in [0, 0.05) is 31.8 Å². The van der Waals surface area contributed by atoms with Crippen molar-refractivity contribution in [2.45, 2.75) is 154 Å². The van der Waals surface area contributed by atoms with Crippen molar-refractivity contribution in [3.8, 4) is 0 Å². The summed E-state index contributed by atoms with van der Waals surface area (Å²) < 4.78 is 36.4. The molecule has 0 aromatic carbocycles. The Hall–Kier alpha value is -3.21. The molecule has 45 heavy (non-hydrogen) atoms. The van der Waals surface area contributed by atoms with E-state index in [4.69, 9.17) is 28.4 Å². The Kier molecular flexibility index (Phi) is 10.2. The van der Waals surface area contributed by atoms with Crippen molar-refractivity contribution in [3.05, 3.63) is 22.8 Å². The van der Waals surface area contributed by atoms with Gasteiger partial charge in [-0.3, -0.25) is 14.4 Å². The fourth-order valence-electron chi connectivity index (χ4n) is 7.34. The van der Waals surface area contributed by atoms with Gasteiger partial charge in [-0.2, -0.15) is 0 Å². The van der Waals surface area contributed by atoms with E-state index in [2.05, 4.69) is 6.92 Å². The zero-order chi connectivity index (χ0) is 33.3. The number of ether oxygens (including phenoxy) is 6. The van der Waals surface area contributed by atoms with Gasteiger partial charge in [0.1, 0.15) is 11.7 Å². The zero-order valence-corrected chi connectivity index (χ0v) is 27.8. The molecule has 0 aromatic rings. The van der Waals surface area contributed by atoms with Gasteiger partial charge in [0.15, 0.2) is 29.5 Å². The minimum absolute atomic E-state index is 0.0775. The number of fused-ring (bicyclic) bond motifs is 2. The third-order valence-electron chi connectivity index (χ3n) is 9.78. The summed E-state index contributed by atoms with van der Waals surface area (Å²) in [5, 5.41) is 0. The topological polar surface area (TPSA) is 144 Å². The molecule has 11 heteroatoms. The molecule has 0 radical (unpaired) electrons. The van der Waals surface area contributed by atoms with Gasteiger partial charge < -0.3 is 28.4 Å². The third-order valence-corrected chi connectivity index (χ3v) is 9.78. The molecule has 0 unspecified atom stereocenters. The van der Waals surface area contributed by atoms with E-state index in [0.717, 1.165) is 25.7 Å². The van der Waals surface area contributed by atoms with Crippen LogP contribution in [0.25, 0.3) is 0 Å². The van der Waals surface area contributed by atoms with Crippen LogP contribution in [0.15, 0.2) is 22.8 Å². The average Bonchev–Trinajstić information content (AvgIpc) is 3.47. The number of carbonyl (C=O) groups excluding carboxylic acids is 5. The molecule has 8 atom stereocenters. The Balaban J connectivity index is 1.83. The van der Waals surface area contributed by atoms with Crippen LogP contribution in [-0.2, 0) is 52.4 Å². The summed E-state index contributed by atoms with van der Waals surface area (Å²) in [6.07, 6.45) is 2.72. The molecule has 1 saturated carbocycles. The Morgan fingerprint density at radius 2 is 1.60 bits per heavy atom. The summed E-state index contributed by atoms with van der Waals surface area (Å²) in [7, 11) is 0. The smallest absolute Gasteiger partial charge is 0.342 e. The maximum atomic E-state index is 13.4. The van der Waals surface area contributed by atoms with E-state index >= 15 is 0 Å². The molecule has 2 aliphatic carbocycles. The SMILES string of the molecule is C/C=C(/C)C(=O)O[C@H]1C(C)=C2[C@H]([C@@H]1OC(=O)CCCCCCC)[C@@](C)(OC(C)=O)C[C@H](OC(=O)CCC)[C@]13O[C@]1(C)C(=O)O[C@@H]23. The molecule has 0 aromatic heterocycles. The summed E-state index contributed by atoms with van der Waals surface area (Å²) in [4.78, 5) is 65.3. The Morgan fingerprint density at radius 3 is 2.20 bits per heavy atom. The lowest BCUT2D eigenvalue weighted by atomic mass is 9.79. The molecule has 4 aliphatic rings. The third kappa shape index (κ3) is 6.16. The highest BCUT2D eigenvalue weighted by Gasteiger charge is 2.88. The fourth-order valence-corrected chi connectivity index (χ4v) is 7.34. The van der Waals surface area contributed by atoms with E-state index in [0.29, 0.717) is 29.6 Å². The highest BCUT2D eigenvalue weighted by molar-refractivity contribution is 5.90. The van der Waals surface area contributed by atoms with Gasteiger partial charge in [-0.05, 0) is 58.6 Å². The largest absolute Gasteiger partial charge is 0.459 e. The number of hydrogen-bond acceptors (Lipinski definition) is 11. The monoisotopic (exact) mass is 632 g/mol. The fraction of sp³-hybridized carbons (Fsp3) is 0.735. The molecule has 2 heterocycles. The summed E-state index contributed by atoms with van der Waals surface area (Å²) in [5.74, 6) is -3.72. The summed E-state index contributed by atoms with van der Waals surface area (Å²) in [6, 6.07) is 0. The van der Waals surface area contributed by atoms with Gasteiger partial charge in [0.05, 0.1) is 5.92 Å². The molecule has 0 bridgehead atoms. The normalized spacial score (nSPS) is 35.0. The summed E-state index contributed by atoms with van der Waals surface area (Å²) >= 11 is 0. The zero-order valence-electron chi connectivity index (χ0n) is 27.8. The van der Waals surface area contributed by atoms with Gasteiger partial charge in [-0.15, -0.1) is 0 Å². The maximum absolute atomic E-state index is 13.4. The molecule has 4 rings (SSSR count). The Bertz CT molecular complexity index is 1280. The molecule has 2 saturated heterocycles.